The summed E-state index contributed by atoms with van der Waals surface area (Å²) in [6, 6.07) is 13.2. The zero-order chi connectivity index (χ0) is 15.4. The van der Waals surface area contributed by atoms with E-state index in [4.69, 9.17) is 10.3 Å². The third-order valence-corrected chi connectivity index (χ3v) is 4.07. The van der Waals surface area contributed by atoms with E-state index in [-0.39, 0.29) is 0 Å². The Kier molecular flexibility index (Phi) is 4.05. The van der Waals surface area contributed by atoms with Crippen molar-refractivity contribution in [1.82, 2.24) is 4.98 Å². The molecule has 1 heterocycles. The molecular formula is C16H12N4OS. The Morgan fingerprint density at radius 1 is 1.18 bits per heavy atom. The molecule has 0 radical (unpaired) electrons. The van der Waals surface area contributed by atoms with Crippen molar-refractivity contribution >= 4 is 39.4 Å². The van der Waals surface area contributed by atoms with Crippen molar-refractivity contribution in [2.75, 3.05) is 7.11 Å². The van der Waals surface area contributed by atoms with Crippen LogP contribution >= 0.6 is 11.3 Å². The van der Waals surface area contributed by atoms with Crippen LogP contribution < -0.4 is 4.74 Å². The standard InChI is InChI=1S/C16H12N4OS/c1-21-13-7-8-14-15(10-13)22-16(18-14)9-4-11-2-5-12(6-3-11)19-20-17/h2-10H,1H3/b9-4+. The third kappa shape index (κ3) is 3.09. The first-order valence-electron chi connectivity index (χ1n) is 6.56. The summed E-state index contributed by atoms with van der Waals surface area (Å²) in [5, 5.41) is 4.48. The lowest BCUT2D eigenvalue weighted by atomic mass is 10.2. The summed E-state index contributed by atoms with van der Waals surface area (Å²) in [5.41, 5.74) is 11.0. The van der Waals surface area contributed by atoms with Crippen LogP contribution in [0.1, 0.15) is 10.6 Å². The number of hydrogen-bond acceptors (Lipinski definition) is 4. The van der Waals surface area contributed by atoms with Gasteiger partial charge >= 0.3 is 0 Å². The summed E-state index contributed by atoms with van der Waals surface area (Å²) in [5.74, 6) is 0.834. The van der Waals surface area contributed by atoms with E-state index in [1.165, 1.54) is 0 Å². The molecule has 0 amide bonds. The molecule has 5 nitrogen and oxygen atoms in total. The monoisotopic (exact) mass is 308 g/mol. The van der Waals surface area contributed by atoms with Crippen molar-refractivity contribution < 1.29 is 4.74 Å². The van der Waals surface area contributed by atoms with Crippen LogP contribution in [0.2, 0.25) is 0 Å². The lowest BCUT2D eigenvalue weighted by Crippen LogP contribution is -1.80. The number of nitrogens with zero attached hydrogens (tertiary/aromatic N) is 4. The number of methoxy groups -OCH3 is 1. The Morgan fingerprint density at radius 3 is 2.73 bits per heavy atom. The summed E-state index contributed by atoms with van der Waals surface area (Å²) in [6.07, 6.45) is 3.95. The Labute approximate surface area is 131 Å². The number of rotatable bonds is 4. The van der Waals surface area contributed by atoms with E-state index < -0.39 is 0 Å². The second-order valence-electron chi connectivity index (χ2n) is 4.50. The van der Waals surface area contributed by atoms with Gasteiger partial charge in [0.2, 0.25) is 0 Å². The van der Waals surface area contributed by atoms with Gasteiger partial charge in [-0.1, -0.05) is 35.5 Å². The van der Waals surface area contributed by atoms with E-state index in [1.807, 2.05) is 42.5 Å². The molecular weight excluding hydrogens is 296 g/mol. The Bertz CT molecular complexity index is 877. The average molecular weight is 308 g/mol. The molecule has 0 saturated carbocycles. The van der Waals surface area contributed by atoms with Gasteiger partial charge in [-0.15, -0.1) is 11.3 Å². The maximum Gasteiger partial charge on any atom is 0.120 e. The fraction of sp³-hybridized carbons (Fsp3) is 0.0625. The van der Waals surface area contributed by atoms with E-state index in [0.29, 0.717) is 5.69 Å². The molecule has 3 rings (SSSR count). The van der Waals surface area contributed by atoms with E-state index in [1.54, 1.807) is 30.6 Å². The predicted octanol–water partition coefficient (Wildman–Crippen LogP) is 5.42. The molecule has 2 aromatic carbocycles. The maximum absolute atomic E-state index is 8.38. The van der Waals surface area contributed by atoms with E-state index in [2.05, 4.69) is 15.0 Å². The smallest absolute Gasteiger partial charge is 0.120 e. The highest BCUT2D eigenvalue weighted by molar-refractivity contribution is 7.19. The van der Waals surface area contributed by atoms with Gasteiger partial charge in [-0.2, -0.15) is 0 Å². The zero-order valence-corrected chi connectivity index (χ0v) is 12.6. The molecule has 0 aliphatic rings. The SMILES string of the molecule is COc1ccc2nc(/C=C/c3ccc(N=[N+]=[N-])cc3)sc2c1. The summed E-state index contributed by atoms with van der Waals surface area (Å²) in [4.78, 5) is 7.32. The lowest BCUT2D eigenvalue weighted by Gasteiger charge is -1.96. The van der Waals surface area contributed by atoms with Crippen molar-refractivity contribution in [2.24, 2.45) is 5.11 Å². The van der Waals surface area contributed by atoms with Gasteiger partial charge in [-0.3, -0.25) is 0 Å². The van der Waals surface area contributed by atoms with Crippen molar-refractivity contribution in [3.8, 4) is 5.75 Å². The minimum atomic E-state index is 0.603. The minimum Gasteiger partial charge on any atom is -0.497 e. The summed E-state index contributed by atoms with van der Waals surface area (Å²) in [7, 11) is 1.66. The maximum atomic E-state index is 8.38. The number of thiazole rings is 1. The van der Waals surface area contributed by atoms with Crippen molar-refractivity contribution in [3.63, 3.8) is 0 Å². The molecule has 0 spiro atoms. The van der Waals surface area contributed by atoms with Gasteiger partial charge in [-0.25, -0.2) is 4.98 Å². The quantitative estimate of drug-likeness (QED) is 0.367. The van der Waals surface area contributed by atoms with Crippen LogP contribution in [0.4, 0.5) is 5.69 Å². The van der Waals surface area contributed by atoms with Crippen LogP contribution in [0.3, 0.4) is 0 Å². The number of ether oxygens (including phenoxy) is 1. The molecule has 0 atom stereocenters. The summed E-state index contributed by atoms with van der Waals surface area (Å²) in [6.45, 7) is 0. The lowest BCUT2D eigenvalue weighted by molar-refractivity contribution is 0.415. The van der Waals surface area contributed by atoms with Crippen LogP contribution in [0, 0.1) is 0 Å². The third-order valence-electron chi connectivity index (χ3n) is 3.08. The first-order chi connectivity index (χ1) is 10.8. The van der Waals surface area contributed by atoms with Gasteiger partial charge in [0.05, 0.1) is 17.3 Å². The van der Waals surface area contributed by atoms with Crippen LogP contribution in [0.25, 0.3) is 32.8 Å². The van der Waals surface area contributed by atoms with Crippen LogP contribution in [-0.4, -0.2) is 12.1 Å². The van der Waals surface area contributed by atoms with Crippen LogP contribution in [-0.2, 0) is 0 Å². The molecule has 3 aromatic rings. The van der Waals surface area contributed by atoms with Gasteiger partial charge in [0.1, 0.15) is 10.8 Å². The van der Waals surface area contributed by atoms with Gasteiger partial charge in [-0.05, 0) is 35.4 Å². The highest BCUT2D eigenvalue weighted by atomic mass is 32.1. The Hall–Kier alpha value is -2.82. The first-order valence-corrected chi connectivity index (χ1v) is 7.38. The molecule has 0 saturated heterocycles. The minimum absolute atomic E-state index is 0.603. The molecule has 6 heteroatoms. The molecule has 0 N–H and O–H groups in total. The Balaban J connectivity index is 1.83. The topological polar surface area (TPSA) is 70.9 Å². The first kappa shape index (κ1) is 14.1. The van der Waals surface area contributed by atoms with Crippen LogP contribution in [0.5, 0.6) is 5.75 Å². The second kappa shape index (κ2) is 6.30. The molecule has 0 bridgehead atoms. The predicted molar refractivity (Wildman–Crippen MR) is 90.3 cm³/mol. The number of benzene rings is 2. The highest BCUT2D eigenvalue weighted by Crippen LogP contribution is 2.27. The number of azide groups is 1. The Morgan fingerprint density at radius 2 is 2.00 bits per heavy atom. The fourth-order valence-corrected chi connectivity index (χ4v) is 2.89. The molecule has 0 fully saturated rings. The van der Waals surface area contributed by atoms with Gasteiger partial charge in [0.25, 0.3) is 0 Å². The molecule has 108 valence electrons. The summed E-state index contributed by atoms with van der Waals surface area (Å²) < 4.78 is 6.31. The van der Waals surface area contributed by atoms with E-state index in [0.717, 1.165) is 26.5 Å². The molecule has 1 aromatic heterocycles. The number of fused-ring (bicyclic) bond motifs is 1. The summed E-state index contributed by atoms with van der Waals surface area (Å²) >= 11 is 1.61. The highest BCUT2D eigenvalue weighted by Gasteiger charge is 2.02. The zero-order valence-electron chi connectivity index (χ0n) is 11.8. The van der Waals surface area contributed by atoms with Gasteiger partial charge in [0, 0.05) is 10.6 Å². The molecule has 0 unspecified atom stereocenters. The molecule has 22 heavy (non-hydrogen) atoms. The van der Waals surface area contributed by atoms with Crippen molar-refractivity contribution in [1.29, 1.82) is 0 Å². The average Bonchev–Trinajstić information content (AvgIpc) is 2.96. The largest absolute Gasteiger partial charge is 0.497 e. The van der Waals surface area contributed by atoms with Crippen LogP contribution in [0.15, 0.2) is 47.6 Å². The number of aromatic nitrogens is 1. The van der Waals surface area contributed by atoms with Crippen molar-refractivity contribution in [3.05, 3.63) is 63.5 Å². The molecule has 0 aliphatic carbocycles. The van der Waals surface area contributed by atoms with Crippen molar-refractivity contribution in [2.45, 2.75) is 0 Å². The second-order valence-corrected chi connectivity index (χ2v) is 5.56. The van der Waals surface area contributed by atoms with Gasteiger partial charge in [0.15, 0.2) is 0 Å². The van der Waals surface area contributed by atoms with E-state index >= 15 is 0 Å². The van der Waals surface area contributed by atoms with Gasteiger partial charge < -0.3 is 4.74 Å². The molecule has 0 aliphatic heterocycles. The van der Waals surface area contributed by atoms with E-state index in [9.17, 15) is 0 Å². The number of hydrogen-bond donors (Lipinski definition) is 0. The fourth-order valence-electron chi connectivity index (χ4n) is 1.99. The normalized spacial score (nSPS) is 10.8.